The molecular formula is C15H16F3N5O4S. The second-order valence-electron chi connectivity index (χ2n) is 6.37. The number of non-ortho nitro benzene ring substituents is 1. The van der Waals surface area contributed by atoms with E-state index in [4.69, 9.17) is 5.14 Å². The first-order valence-electron chi connectivity index (χ1n) is 8.15. The van der Waals surface area contributed by atoms with Crippen molar-refractivity contribution in [3.05, 3.63) is 46.3 Å². The van der Waals surface area contributed by atoms with Gasteiger partial charge in [0.2, 0.25) is 10.0 Å². The number of nitrogens with zero attached hydrogens (tertiary/aromatic N) is 4. The molecule has 152 valence electrons. The first-order chi connectivity index (χ1) is 13.0. The van der Waals surface area contributed by atoms with Crippen LogP contribution in [-0.4, -0.2) is 36.2 Å². The van der Waals surface area contributed by atoms with Gasteiger partial charge < -0.3 is 4.90 Å². The molecule has 1 aromatic carbocycles. The number of sulfonamides is 1. The van der Waals surface area contributed by atoms with Crippen LogP contribution in [0, 0.1) is 10.1 Å². The van der Waals surface area contributed by atoms with Gasteiger partial charge in [-0.25, -0.2) is 13.6 Å². The van der Waals surface area contributed by atoms with Gasteiger partial charge >= 0.3 is 6.18 Å². The third kappa shape index (κ3) is 4.09. The maximum Gasteiger partial charge on any atom is 0.435 e. The topological polar surface area (TPSA) is 124 Å². The summed E-state index contributed by atoms with van der Waals surface area (Å²) in [6.45, 7) is 0.496. The lowest BCUT2D eigenvalue weighted by Gasteiger charge is -2.35. The van der Waals surface area contributed by atoms with Gasteiger partial charge in [0.15, 0.2) is 5.69 Å². The van der Waals surface area contributed by atoms with Crippen molar-refractivity contribution < 1.29 is 26.5 Å². The first kappa shape index (κ1) is 20.1. The van der Waals surface area contributed by atoms with Gasteiger partial charge in [-0.15, -0.1) is 0 Å². The average molecular weight is 419 g/mol. The molecule has 1 atom stereocenters. The Labute approximate surface area is 157 Å². The maximum atomic E-state index is 12.8. The summed E-state index contributed by atoms with van der Waals surface area (Å²) in [5.74, 6) is 0. The van der Waals surface area contributed by atoms with Crippen LogP contribution in [0.3, 0.4) is 0 Å². The van der Waals surface area contributed by atoms with Gasteiger partial charge in [-0.3, -0.25) is 14.8 Å². The number of halogens is 3. The fourth-order valence-electron chi connectivity index (χ4n) is 3.19. The molecule has 1 aliphatic rings. The van der Waals surface area contributed by atoms with E-state index in [-0.39, 0.29) is 22.8 Å². The van der Waals surface area contributed by atoms with Crippen LogP contribution in [0.1, 0.15) is 24.6 Å². The summed E-state index contributed by atoms with van der Waals surface area (Å²) < 4.78 is 63.3. The summed E-state index contributed by atoms with van der Waals surface area (Å²) in [5, 5.41) is 19.8. The minimum absolute atomic E-state index is 0.0459. The van der Waals surface area contributed by atoms with Crippen molar-refractivity contribution >= 4 is 21.4 Å². The summed E-state index contributed by atoms with van der Waals surface area (Å²) >= 11 is 0. The molecule has 3 rings (SSSR count). The van der Waals surface area contributed by atoms with E-state index in [0.717, 1.165) is 24.3 Å². The van der Waals surface area contributed by atoms with Gasteiger partial charge in [0, 0.05) is 31.4 Å². The van der Waals surface area contributed by atoms with E-state index in [0.29, 0.717) is 19.4 Å². The van der Waals surface area contributed by atoms with E-state index in [9.17, 15) is 31.7 Å². The van der Waals surface area contributed by atoms with Crippen molar-refractivity contribution in [3.63, 3.8) is 0 Å². The SMILES string of the molecule is NS(=O)(=O)c1ccc([N+](=O)[O-])cc1N1CCCC(n2ccc(C(F)(F)F)n2)C1. The monoisotopic (exact) mass is 419 g/mol. The predicted molar refractivity (Wildman–Crippen MR) is 92.2 cm³/mol. The van der Waals surface area contributed by atoms with Crippen LogP contribution in [0.5, 0.6) is 0 Å². The number of aromatic nitrogens is 2. The molecule has 1 aromatic heterocycles. The highest BCUT2D eigenvalue weighted by molar-refractivity contribution is 7.89. The van der Waals surface area contributed by atoms with E-state index in [1.807, 2.05) is 0 Å². The molecule has 28 heavy (non-hydrogen) atoms. The van der Waals surface area contributed by atoms with Crippen molar-refractivity contribution in [3.8, 4) is 0 Å². The molecule has 0 bridgehead atoms. The Bertz CT molecular complexity index is 1010. The van der Waals surface area contributed by atoms with Crippen molar-refractivity contribution in [2.75, 3.05) is 18.0 Å². The lowest BCUT2D eigenvalue weighted by Crippen LogP contribution is -2.38. The molecule has 13 heteroatoms. The van der Waals surface area contributed by atoms with E-state index in [2.05, 4.69) is 5.10 Å². The fourth-order valence-corrected chi connectivity index (χ4v) is 3.93. The molecule has 1 aliphatic heterocycles. The fraction of sp³-hybridized carbons (Fsp3) is 0.400. The lowest BCUT2D eigenvalue weighted by molar-refractivity contribution is -0.384. The first-order valence-corrected chi connectivity index (χ1v) is 9.70. The number of hydrogen-bond acceptors (Lipinski definition) is 6. The zero-order valence-electron chi connectivity index (χ0n) is 14.3. The average Bonchev–Trinajstić information content (AvgIpc) is 3.11. The number of primary sulfonamides is 1. The van der Waals surface area contributed by atoms with E-state index < -0.39 is 32.9 Å². The highest BCUT2D eigenvalue weighted by atomic mass is 32.2. The summed E-state index contributed by atoms with van der Waals surface area (Å²) in [7, 11) is -4.16. The number of nitrogens with two attached hydrogens (primary N) is 1. The largest absolute Gasteiger partial charge is 0.435 e. The quantitative estimate of drug-likeness (QED) is 0.599. The standard InChI is InChI=1S/C15H16F3N5O4S/c16-15(17,18)14-5-7-22(20-14)11-2-1-6-21(9-11)12-8-10(23(24)25)3-4-13(12)28(19,26)27/h3-5,7-8,11H,1-2,6,9H2,(H2,19,26,27). The number of hydrogen-bond donors (Lipinski definition) is 1. The van der Waals surface area contributed by atoms with Gasteiger partial charge in [0.05, 0.1) is 16.7 Å². The van der Waals surface area contributed by atoms with Crippen LogP contribution in [0.4, 0.5) is 24.5 Å². The molecule has 2 N–H and O–H groups in total. The molecule has 1 saturated heterocycles. The summed E-state index contributed by atoms with van der Waals surface area (Å²) in [4.78, 5) is 11.7. The lowest BCUT2D eigenvalue weighted by atomic mass is 10.0. The van der Waals surface area contributed by atoms with Crippen LogP contribution >= 0.6 is 0 Å². The van der Waals surface area contributed by atoms with Crippen molar-refractivity contribution in [1.82, 2.24) is 9.78 Å². The van der Waals surface area contributed by atoms with E-state index in [1.54, 1.807) is 4.90 Å². The minimum atomic E-state index is -4.57. The van der Waals surface area contributed by atoms with Gasteiger partial charge in [0.1, 0.15) is 4.90 Å². The highest BCUT2D eigenvalue weighted by Gasteiger charge is 2.35. The van der Waals surface area contributed by atoms with Crippen LogP contribution in [0.25, 0.3) is 0 Å². The van der Waals surface area contributed by atoms with Crippen LogP contribution in [-0.2, 0) is 16.2 Å². The number of benzene rings is 1. The highest BCUT2D eigenvalue weighted by Crippen LogP contribution is 2.34. The number of piperidine rings is 1. The molecule has 9 nitrogen and oxygen atoms in total. The molecule has 2 aromatic rings. The van der Waals surface area contributed by atoms with Gasteiger partial charge in [0.25, 0.3) is 5.69 Å². The van der Waals surface area contributed by atoms with Gasteiger partial charge in [-0.2, -0.15) is 18.3 Å². The van der Waals surface area contributed by atoms with Crippen LogP contribution < -0.4 is 10.0 Å². The third-order valence-corrected chi connectivity index (χ3v) is 5.43. The summed E-state index contributed by atoms with van der Waals surface area (Å²) in [5.41, 5.74) is -1.29. The molecule has 1 fully saturated rings. The number of alkyl halides is 3. The Morgan fingerprint density at radius 3 is 2.57 bits per heavy atom. The molecule has 0 amide bonds. The Hall–Kier alpha value is -2.67. The molecular weight excluding hydrogens is 403 g/mol. The second kappa shape index (κ2) is 7.05. The Morgan fingerprint density at radius 1 is 1.29 bits per heavy atom. The van der Waals surface area contributed by atoms with E-state index >= 15 is 0 Å². The summed E-state index contributed by atoms with van der Waals surface area (Å²) in [6, 6.07) is 3.60. The second-order valence-corrected chi connectivity index (χ2v) is 7.90. The van der Waals surface area contributed by atoms with E-state index in [1.165, 1.54) is 10.9 Å². The zero-order chi connectivity index (χ0) is 20.7. The number of nitro benzene ring substituents is 1. The maximum absolute atomic E-state index is 12.8. The van der Waals surface area contributed by atoms with Crippen LogP contribution in [0.2, 0.25) is 0 Å². The smallest absolute Gasteiger partial charge is 0.368 e. The molecule has 0 aliphatic carbocycles. The number of rotatable bonds is 4. The Kier molecular flexibility index (Phi) is 5.06. The molecule has 0 radical (unpaired) electrons. The minimum Gasteiger partial charge on any atom is -0.368 e. The Morgan fingerprint density at radius 2 is 2.00 bits per heavy atom. The van der Waals surface area contributed by atoms with Crippen molar-refractivity contribution in [2.45, 2.75) is 30.0 Å². The molecule has 2 heterocycles. The van der Waals surface area contributed by atoms with Crippen molar-refractivity contribution in [1.29, 1.82) is 0 Å². The van der Waals surface area contributed by atoms with Crippen LogP contribution in [0.15, 0.2) is 35.4 Å². The number of anilines is 1. The van der Waals surface area contributed by atoms with Crippen molar-refractivity contribution in [2.24, 2.45) is 5.14 Å². The molecule has 1 unspecified atom stereocenters. The van der Waals surface area contributed by atoms with Gasteiger partial charge in [-0.1, -0.05) is 0 Å². The molecule has 0 spiro atoms. The summed E-state index contributed by atoms with van der Waals surface area (Å²) in [6.07, 6.45) is -2.31. The Balaban J connectivity index is 1.95. The third-order valence-electron chi connectivity index (χ3n) is 4.47. The molecule has 0 saturated carbocycles. The number of nitro groups is 1. The predicted octanol–water partition coefficient (Wildman–Crippen LogP) is 2.30. The normalized spacial score (nSPS) is 18.3. The zero-order valence-corrected chi connectivity index (χ0v) is 15.2. The van der Waals surface area contributed by atoms with Gasteiger partial charge in [-0.05, 0) is 25.0 Å².